The first-order valence-electron chi connectivity index (χ1n) is 32.8. The zero-order valence-corrected chi connectivity index (χ0v) is 63.0. The Bertz CT molecular complexity index is 4930. The zero-order chi connectivity index (χ0) is 83.0. The number of hydrogen-bond acceptors (Lipinski definition) is 17. The summed E-state index contributed by atoms with van der Waals surface area (Å²) in [6, 6.07) is 26.9. The number of alkyl halides is 11. The zero-order valence-electron chi connectivity index (χ0n) is 58.0. The van der Waals surface area contributed by atoms with E-state index in [0.717, 1.165) is 127 Å². The summed E-state index contributed by atoms with van der Waals surface area (Å²) in [5.74, 6) is -9.65. The van der Waals surface area contributed by atoms with Crippen molar-refractivity contribution in [2.75, 3.05) is 49.9 Å². The van der Waals surface area contributed by atoms with Crippen molar-refractivity contribution < 1.29 is 132 Å². The molecule has 11 rings (SSSR count). The van der Waals surface area contributed by atoms with Crippen LogP contribution in [0.4, 0.5) is 82.9 Å². The highest BCUT2D eigenvalue weighted by Crippen LogP contribution is 2.61. The molecule has 0 bridgehead atoms. The van der Waals surface area contributed by atoms with Gasteiger partial charge in [-0.25, -0.2) is 45.9 Å². The number of halogens is 17. The minimum absolute atomic E-state index is 0.00918. The molecule has 0 saturated carbocycles. The van der Waals surface area contributed by atoms with E-state index in [2.05, 4.69) is 42.0 Å². The van der Waals surface area contributed by atoms with Crippen LogP contribution in [-0.2, 0) is 76.3 Å². The van der Waals surface area contributed by atoms with Crippen molar-refractivity contribution in [1.29, 1.82) is 0 Å². The van der Waals surface area contributed by atoms with Gasteiger partial charge in [0.25, 0.3) is 0 Å². The second-order valence-electron chi connectivity index (χ2n) is 23.9. The number of benzene rings is 9. The van der Waals surface area contributed by atoms with Crippen LogP contribution in [0.2, 0.25) is 0 Å². The topological polar surface area (TPSA) is 288 Å². The third-order valence-electron chi connectivity index (χ3n) is 15.6. The monoisotopic (exact) mass is 1790 g/mol. The van der Waals surface area contributed by atoms with E-state index in [1.807, 2.05) is 0 Å². The maximum atomic E-state index is 14.8. The van der Waals surface area contributed by atoms with Gasteiger partial charge in [0.1, 0.15) is 37.1 Å². The molecule has 2 heterocycles. The van der Waals surface area contributed by atoms with E-state index in [1.165, 1.54) is 36.4 Å². The summed E-state index contributed by atoms with van der Waals surface area (Å²) < 4.78 is 274. The lowest BCUT2D eigenvalue weighted by Gasteiger charge is -2.20. The number of nitrogens with one attached hydrogen (secondary N) is 2. The van der Waals surface area contributed by atoms with E-state index in [0.29, 0.717) is 49.9 Å². The molecule has 2 aliphatic rings. The Morgan fingerprint density at radius 2 is 0.667 bits per heavy atom. The van der Waals surface area contributed by atoms with Crippen molar-refractivity contribution in [3.05, 3.63) is 279 Å². The lowest BCUT2D eigenvalue weighted by Crippen LogP contribution is -2.26. The van der Waals surface area contributed by atoms with Crippen LogP contribution in [0.5, 0.6) is 51.7 Å². The number of nitro benzene ring substituents is 3. The molecule has 608 valence electrons. The highest BCUT2D eigenvalue weighted by Gasteiger charge is 2.49. The van der Waals surface area contributed by atoms with Gasteiger partial charge in [-0.2, -0.15) is 39.5 Å². The lowest BCUT2D eigenvalue weighted by molar-refractivity contribution is -0.385. The summed E-state index contributed by atoms with van der Waals surface area (Å²) in [6.45, 7) is 0.655. The van der Waals surface area contributed by atoms with Crippen LogP contribution >= 0.6 is 47.2 Å². The molecule has 0 radical (unpaired) electrons. The number of rotatable bonds is 33. The molecule has 9 aromatic rings. The summed E-state index contributed by atoms with van der Waals surface area (Å²) in [6.07, 6.45) is -13.7. The summed E-state index contributed by atoms with van der Waals surface area (Å²) in [5.41, 5.74) is -3.36. The van der Waals surface area contributed by atoms with E-state index in [4.69, 9.17) is 42.6 Å². The summed E-state index contributed by atoms with van der Waals surface area (Å²) in [5, 5.41) is 49.5. The average molecular weight is 1790 g/mol. The van der Waals surface area contributed by atoms with Crippen LogP contribution in [0, 0.1) is 65.2 Å². The van der Waals surface area contributed by atoms with Gasteiger partial charge in [0.15, 0.2) is 52.2 Å². The fourth-order valence-electron chi connectivity index (χ4n) is 9.92. The molecular weight excluding hydrogens is 1730 g/mol. The van der Waals surface area contributed by atoms with Gasteiger partial charge in [-0.3, -0.25) is 39.5 Å². The van der Waals surface area contributed by atoms with E-state index < -0.39 is 161 Å². The highest BCUT2D eigenvalue weighted by atomic mass is 79.9. The van der Waals surface area contributed by atoms with E-state index in [9.17, 15) is 105 Å². The molecule has 0 aliphatic carbocycles. The molecule has 0 unspecified atom stereocenters. The average Bonchev–Trinajstić information content (AvgIpc) is 1.61. The minimum atomic E-state index is -4.58. The van der Waals surface area contributed by atoms with Crippen molar-refractivity contribution >= 4 is 64.3 Å². The standard InChI is InChI=1S/C25H23Br2F5N3O6P.C25H21F5N3O6P.C21H14F5NO5/c26-7-9-33-42(38,34-10-8-27)40-15-17-11-20(28)24(21(29)12-17)39-14-16-1-6-22(35(36)37)23(13-16)41-19-4-2-18(3-5-19)25(30,31)32;26-20-11-17(15-38-40(36,31-7-8-31)32-9-10-32)12-21(27)24(20)37-14-16-1-6-22(33(34)35)23(13-16)39-19-4-2-18(3-5-19)25(28,29)30;22-16-7-13(10-28)8-17(23)20(16)31-11-12-1-6-18(27(29)30)19(9-12)32-15-4-2-14(3-5-15)21(24,25)26/h1-6,11-13H,7-10,14-15H2,(H2,33,34,38);1-6,11-13H,7-10,14-15H2;1-9,28H,10-11H2. The molecule has 2 aliphatic heterocycles. The number of hydrogen-bond donors (Lipinski definition) is 3. The maximum absolute atomic E-state index is 14.8. The van der Waals surface area contributed by atoms with Gasteiger partial charge in [-0.1, -0.05) is 31.9 Å². The van der Waals surface area contributed by atoms with Gasteiger partial charge in [0, 0.05) is 68.1 Å². The Kier molecular flexibility index (Phi) is 29.7. The van der Waals surface area contributed by atoms with Crippen molar-refractivity contribution in [2.24, 2.45) is 0 Å². The van der Waals surface area contributed by atoms with Crippen LogP contribution in [0.3, 0.4) is 0 Å². The van der Waals surface area contributed by atoms with Gasteiger partial charge >= 0.3 is 50.9 Å². The first kappa shape index (κ1) is 88.0. The van der Waals surface area contributed by atoms with Gasteiger partial charge in [-0.05, 0) is 179 Å². The second kappa shape index (κ2) is 38.5. The smallest absolute Gasteiger partial charge is 0.416 e. The number of aliphatic hydroxyl groups excluding tert-OH is 1. The predicted molar refractivity (Wildman–Crippen MR) is 383 cm³/mol. The predicted octanol–water partition coefficient (Wildman–Crippen LogP) is 20.1. The molecule has 0 atom stereocenters. The third kappa shape index (κ3) is 24.6. The molecular formula is C71H58Br2F15N7O17P2. The van der Waals surface area contributed by atoms with Crippen LogP contribution in [-0.4, -0.2) is 79.1 Å². The summed E-state index contributed by atoms with van der Waals surface area (Å²) >= 11 is 6.40. The molecule has 2 fully saturated rings. The van der Waals surface area contributed by atoms with Crippen LogP contribution < -0.4 is 38.6 Å². The van der Waals surface area contributed by atoms with E-state index in [1.54, 1.807) is 9.34 Å². The Hall–Kier alpha value is -9.93. The van der Waals surface area contributed by atoms with Gasteiger partial charge < -0.3 is 42.6 Å². The molecule has 9 aromatic carbocycles. The quantitative estimate of drug-likeness (QED) is 0.00860. The van der Waals surface area contributed by atoms with E-state index in [-0.39, 0.29) is 81.1 Å². The second-order valence-corrected chi connectivity index (χ2v) is 29.9. The molecule has 0 amide bonds. The number of aliphatic hydroxyl groups is 1. The van der Waals surface area contributed by atoms with E-state index >= 15 is 0 Å². The van der Waals surface area contributed by atoms with Crippen LogP contribution in [0.25, 0.3) is 0 Å². The van der Waals surface area contributed by atoms with Crippen molar-refractivity contribution in [3.8, 4) is 51.7 Å². The normalized spacial score (nSPS) is 13.0. The fraction of sp³-hybridized carbons (Fsp3) is 0.239. The largest absolute Gasteiger partial charge is 0.483 e. The SMILES string of the molecule is O=[N+]([O-])c1ccc(COc2c(F)cc(CO)cc2F)cc1Oc1ccc(C(F)(F)F)cc1.O=[N+]([O-])c1ccc(COc2c(F)cc(COP(=O)(N3CC3)N3CC3)cc2F)cc1Oc1ccc(C(F)(F)F)cc1.O=[N+]([O-])c1ccc(COc2c(F)cc(COP(=O)(NCCBr)NCCBr)cc2F)cc1Oc1ccc(C(F)(F)F)cc1. The lowest BCUT2D eigenvalue weighted by atomic mass is 10.2. The third-order valence-corrected chi connectivity index (χ3v) is 20.9. The Morgan fingerprint density at radius 1 is 0.395 bits per heavy atom. The van der Waals surface area contributed by atoms with Crippen LogP contribution in [0.15, 0.2) is 164 Å². The van der Waals surface area contributed by atoms with Crippen molar-refractivity contribution in [1.82, 2.24) is 19.5 Å². The fourth-order valence-corrected chi connectivity index (χ4v) is 14.6. The minimum Gasteiger partial charge on any atom is -0.483 e. The molecule has 24 nitrogen and oxygen atoms in total. The Balaban J connectivity index is 0.000000198. The molecule has 43 heteroatoms. The number of nitrogens with zero attached hydrogens (tertiary/aromatic N) is 5. The van der Waals surface area contributed by atoms with Crippen LogP contribution in [0.1, 0.15) is 50.1 Å². The summed E-state index contributed by atoms with van der Waals surface area (Å²) in [4.78, 5) is 31.9. The van der Waals surface area contributed by atoms with Crippen molar-refractivity contribution in [2.45, 2.75) is 58.2 Å². The van der Waals surface area contributed by atoms with Gasteiger partial charge in [0.2, 0.25) is 17.2 Å². The Morgan fingerprint density at radius 3 is 0.912 bits per heavy atom. The molecule has 114 heavy (non-hydrogen) atoms. The maximum Gasteiger partial charge on any atom is 0.416 e. The highest BCUT2D eigenvalue weighted by molar-refractivity contribution is 9.09. The number of nitro groups is 3. The molecule has 0 aromatic heterocycles. The van der Waals surface area contributed by atoms with Gasteiger partial charge in [0.05, 0.1) is 51.3 Å². The molecule has 0 spiro atoms. The first-order chi connectivity index (χ1) is 53.9. The Labute approximate surface area is 652 Å². The van der Waals surface area contributed by atoms with Gasteiger partial charge in [-0.15, -0.1) is 0 Å². The molecule has 2 saturated heterocycles. The van der Waals surface area contributed by atoms with Crippen molar-refractivity contribution in [3.63, 3.8) is 0 Å². The number of ether oxygens (including phenoxy) is 6. The first-order valence-corrected chi connectivity index (χ1v) is 38.2. The molecule has 3 N–H and O–H groups in total. The summed E-state index contributed by atoms with van der Waals surface area (Å²) in [7, 11) is -6.68.